The topological polar surface area (TPSA) is 224 Å². The number of Topliss-reactive ketones (excluding diaryl/α,β-unsaturated/α-hetero) is 1. The van der Waals surface area contributed by atoms with E-state index in [2.05, 4.69) is 0 Å². The number of ketones is 1. The predicted molar refractivity (Wildman–Crippen MR) is 97.5 cm³/mol. The molecule has 8 N–H and O–H groups in total. The molecule has 0 aliphatic carbocycles. The molecule has 8 unspecified atom stereocenters. The normalized spacial score (nSPS) is 40.8. The first-order valence-electron chi connectivity index (χ1n) is 9.79. The highest BCUT2D eigenvalue weighted by atomic mass is 16.7. The van der Waals surface area contributed by atoms with E-state index in [1.165, 1.54) is 6.92 Å². The Labute approximate surface area is 177 Å². The number of carboxylic acids is 1. The molecular weight excluding hydrogens is 424 g/mol. The molecule has 0 radical (unpaired) electrons. The smallest absolute Gasteiger partial charge is 0.364 e. The molecule has 13 nitrogen and oxygen atoms in total. The summed E-state index contributed by atoms with van der Waals surface area (Å²) < 4.78 is 16.0. The number of ether oxygens (including phenoxy) is 3. The number of aliphatic hydroxyl groups is 7. The molecular formula is C18H30O13. The average molecular weight is 454 g/mol. The lowest BCUT2D eigenvalue weighted by Gasteiger charge is -2.49. The number of hydrogen-bond acceptors (Lipinski definition) is 12. The number of hydrogen-bond donors (Lipinski definition) is 8. The van der Waals surface area contributed by atoms with Gasteiger partial charge in [0.25, 0.3) is 5.79 Å². The molecule has 0 aromatic carbocycles. The van der Waals surface area contributed by atoms with Crippen LogP contribution >= 0.6 is 0 Å². The van der Waals surface area contributed by atoms with E-state index in [9.17, 15) is 45.3 Å². The fourth-order valence-corrected chi connectivity index (χ4v) is 3.88. The van der Waals surface area contributed by atoms with Crippen LogP contribution in [-0.4, -0.2) is 127 Å². The van der Waals surface area contributed by atoms with Crippen LogP contribution < -0.4 is 0 Å². The first-order chi connectivity index (χ1) is 14.5. The summed E-state index contributed by atoms with van der Waals surface area (Å²) in [5, 5.41) is 79.6. The zero-order valence-corrected chi connectivity index (χ0v) is 16.9. The minimum atomic E-state index is -2.70. The van der Waals surface area contributed by atoms with Gasteiger partial charge in [-0.1, -0.05) is 0 Å². The van der Waals surface area contributed by atoms with Crippen LogP contribution in [0.25, 0.3) is 0 Å². The maximum absolute atomic E-state index is 12.1. The van der Waals surface area contributed by atoms with E-state index >= 15 is 0 Å². The Morgan fingerprint density at radius 2 is 1.81 bits per heavy atom. The molecule has 10 atom stereocenters. The molecule has 0 bridgehead atoms. The van der Waals surface area contributed by atoms with Gasteiger partial charge in [0.05, 0.1) is 32.0 Å². The number of carbonyl (C=O) groups excluding carboxylic acids is 1. The molecule has 31 heavy (non-hydrogen) atoms. The highest BCUT2D eigenvalue weighted by Crippen LogP contribution is 2.40. The van der Waals surface area contributed by atoms with Crippen molar-refractivity contribution < 1.29 is 64.7 Å². The van der Waals surface area contributed by atoms with Crippen molar-refractivity contribution in [1.82, 2.24) is 0 Å². The van der Waals surface area contributed by atoms with E-state index in [-0.39, 0.29) is 6.42 Å². The second kappa shape index (κ2) is 10.6. The Hall–Kier alpha value is -1.26. The van der Waals surface area contributed by atoms with Gasteiger partial charge in [0.1, 0.15) is 42.4 Å². The van der Waals surface area contributed by atoms with Crippen LogP contribution in [0.2, 0.25) is 0 Å². The summed E-state index contributed by atoms with van der Waals surface area (Å²) >= 11 is 0. The zero-order chi connectivity index (χ0) is 23.5. The highest BCUT2D eigenvalue weighted by molar-refractivity contribution is 5.77. The van der Waals surface area contributed by atoms with Crippen LogP contribution in [0.1, 0.15) is 19.8 Å². The summed E-state index contributed by atoms with van der Waals surface area (Å²) in [6.45, 7) is -0.756. The van der Waals surface area contributed by atoms with Gasteiger partial charge in [-0.25, -0.2) is 4.79 Å². The van der Waals surface area contributed by atoms with Crippen LogP contribution in [0, 0.1) is 5.92 Å². The Kier molecular flexibility index (Phi) is 8.86. The minimum Gasteiger partial charge on any atom is -0.477 e. The third-order valence-electron chi connectivity index (χ3n) is 5.57. The van der Waals surface area contributed by atoms with Crippen molar-refractivity contribution in [3.05, 3.63) is 0 Å². The number of carboxylic acid groups (broad SMARTS) is 1. The van der Waals surface area contributed by atoms with Gasteiger partial charge in [-0.05, 0) is 6.92 Å². The second-order valence-corrected chi connectivity index (χ2v) is 7.92. The molecule has 2 heterocycles. The van der Waals surface area contributed by atoms with Gasteiger partial charge in [-0.3, -0.25) is 0 Å². The molecule has 2 aliphatic rings. The molecule has 0 spiro atoms. The van der Waals surface area contributed by atoms with Gasteiger partial charge in [0.2, 0.25) is 0 Å². The van der Waals surface area contributed by atoms with E-state index in [1.54, 1.807) is 0 Å². The molecule has 180 valence electrons. The van der Waals surface area contributed by atoms with Crippen molar-refractivity contribution in [2.24, 2.45) is 5.92 Å². The molecule has 13 heteroatoms. The van der Waals surface area contributed by atoms with Gasteiger partial charge in [0.15, 0.2) is 0 Å². The fraction of sp³-hybridized carbons (Fsp3) is 0.889. The lowest BCUT2D eigenvalue weighted by Crippen LogP contribution is -2.66. The number of rotatable bonds is 9. The maximum Gasteiger partial charge on any atom is 0.364 e. The molecule has 0 amide bonds. The molecule has 0 aromatic heterocycles. The van der Waals surface area contributed by atoms with Crippen LogP contribution in [0.5, 0.6) is 0 Å². The Morgan fingerprint density at radius 1 is 1.16 bits per heavy atom. The molecule has 2 rings (SSSR count). The van der Waals surface area contributed by atoms with Gasteiger partial charge >= 0.3 is 5.97 Å². The number of aliphatic hydroxyl groups excluding tert-OH is 7. The van der Waals surface area contributed by atoms with Crippen molar-refractivity contribution in [2.45, 2.75) is 74.4 Å². The SMILES string of the molecule is CC(=O)CC1C(O)CC(OC2C(O)COC(CO)C2O)(C(=O)O)OC1[C@@H](O)[C@H](O)CO. The quantitative estimate of drug-likeness (QED) is 0.165. The van der Waals surface area contributed by atoms with Gasteiger partial charge in [0, 0.05) is 18.8 Å². The van der Waals surface area contributed by atoms with Crippen LogP contribution in [0.3, 0.4) is 0 Å². The standard InChI is InChI=1S/C18H30O13/c1-7(21)2-8-9(22)3-18(17(27)28,30-15(8)13(25)10(23)4-19)31-16-11(24)6-29-12(5-20)14(16)26/h8-16,19-20,22-26H,2-6H2,1H3,(H,27,28)/t8?,9?,10-,11?,12?,13+,14?,15?,16?,18?/m1/s1. The van der Waals surface area contributed by atoms with E-state index < -0.39 is 98.5 Å². The first kappa shape index (κ1) is 26.0. The monoisotopic (exact) mass is 454 g/mol. The van der Waals surface area contributed by atoms with Crippen LogP contribution in [0.4, 0.5) is 0 Å². The van der Waals surface area contributed by atoms with Gasteiger partial charge in [-0.15, -0.1) is 0 Å². The zero-order valence-electron chi connectivity index (χ0n) is 16.9. The van der Waals surface area contributed by atoms with Crippen molar-refractivity contribution in [3.8, 4) is 0 Å². The van der Waals surface area contributed by atoms with Gasteiger partial charge < -0.3 is 59.9 Å². The molecule has 0 aromatic rings. The Morgan fingerprint density at radius 3 is 2.32 bits per heavy atom. The largest absolute Gasteiger partial charge is 0.477 e. The molecule has 2 fully saturated rings. The summed E-state index contributed by atoms with van der Waals surface area (Å²) in [5.74, 6) is -6.01. The minimum absolute atomic E-state index is 0.328. The number of carbonyl (C=O) groups is 2. The summed E-state index contributed by atoms with van der Waals surface area (Å²) in [6.07, 6.45) is -13.9. The third kappa shape index (κ3) is 5.57. The fourth-order valence-electron chi connectivity index (χ4n) is 3.88. The summed E-state index contributed by atoms with van der Waals surface area (Å²) in [6, 6.07) is 0. The van der Waals surface area contributed by atoms with E-state index in [1.807, 2.05) is 0 Å². The molecule has 2 aliphatic heterocycles. The van der Waals surface area contributed by atoms with E-state index in [4.69, 9.17) is 19.3 Å². The Bertz CT molecular complexity index is 630. The lowest BCUT2D eigenvalue weighted by molar-refractivity contribution is -0.353. The summed E-state index contributed by atoms with van der Waals surface area (Å²) in [4.78, 5) is 23.8. The van der Waals surface area contributed by atoms with E-state index in [0.717, 1.165) is 0 Å². The lowest BCUT2D eigenvalue weighted by atomic mass is 9.80. The third-order valence-corrected chi connectivity index (χ3v) is 5.57. The van der Waals surface area contributed by atoms with Crippen LogP contribution in [-0.2, 0) is 23.8 Å². The first-order valence-corrected chi connectivity index (χ1v) is 9.79. The van der Waals surface area contributed by atoms with Crippen molar-refractivity contribution in [3.63, 3.8) is 0 Å². The summed E-state index contributed by atoms with van der Waals surface area (Å²) in [7, 11) is 0. The van der Waals surface area contributed by atoms with Crippen molar-refractivity contribution in [1.29, 1.82) is 0 Å². The maximum atomic E-state index is 12.1. The van der Waals surface area contributed by atoms with Gasteiger partial charge in [-0.2, -0.15) is 0 Å². The van der Waals surface area contributed by atoms with Crippen molar-refractivity contribution in [2.75, 3.05) is 19.8 Å². The molecule has 0 saturated carbocycles. The molecule has 2 saturated heterocycles. The second-order valence-electron chi connectivity index (χ2n) is 7.92. The number of aliphatic carboxylic acids is 1. The highest BCUT2D eigenvalue weighted by Gasteiger charge is 2.58. The van der Waals surface area contributed by atoms with Crippen LogP contribution in [0.15, 0.2) is 0 Å². The van der Waals surface area contributed by atoms with Crippen molar-refractivity contribution >= 4 is 11.8 Å². The van der Waals surface area contributed by atoms with E-state index in [0.29, 0.717) is 0 Å². The predicted octanol–water partition coefficient (Wildman–Crippen LogP) is -4.28. The average Bonchev–Trinajstić information content (AvgIpc) is 2.71. The summed E-state index contributed by atoms with van der Waals surface area (Å²) in [5.41, 5.74) is 0. The Balaban J connectivity index is 2.39.